The van der Waals surface area contributed by atoms with Gasteiger partial charge in [0.1, 0.15) is 6.61 Å². The molecule has 1 atom stereocenters. The summed E-state index contributed by atoms with van der Waals surface area (Å²) in [5.74, 6) is 0.616. The number of nitrogens with zero attached hydrogens (tertiary/aromatic N) is 1. The summed E-state index contributed by atoms with van der Waals surface area (Å²) in [4.78, 5) is 16.5. The van der Waals surface area contributed by atoms with Gasteiger partial charge in [-0.3, -0.25) is 4.79 Å². The SMILES string of the molecule is Cc1cccc(C)c1-c1cccc(COc2cc3c(cn2)C(CC(=O)O)CS3)c1. The highest BCUT2D eigenvalue weighted by Crippen LogP contribution is 2.42. The molecule has 0 radical (unpaired) electrons. The number of carbonyl (C=O) groups is 1. The predicted octanol–water partition coefficient (Wildman–Crippen LogP) is 5.61. The highest BCUT2D eigenvalue weighted by atomic mass is 32.2. The summed E-state index contributed by atoms with van der Waals surface area (Å²) in [6.45, 7) is 4.71. The van der Waals surface area contributed by atoms with Crippen molar-refractivity contribution in [3.8, 4) is 17.0 Å². The average molecular weight is 406 g/mol. The van der Waals surface area contributed by atoms with Crippen molar-refractivity contribution in [3.63, 3.8) is 0 Å². The zero-order chi connectivity index (χ0) is 20.4. The predicted molar refractivity (Wildman–Crippen MR) is 116 cm³/mol. The minimum atomic E-state index is -0.771. The van der Waals surface area contributed by atoms with Gasteiger partial charge < -0.3 is 9.84 Å². The largest absolute Gasteiger partial charge is 0.481 e. The van der Waals surface area contributed by atoms with Crippen molar-refractivity contribution < 1.29 is 14.6 Å². The second-order valence-corrected chi connectivity index (χ2v) is 8.48. The molecule has 148 valence electrons. The molecule has 29 heavy (non-hydrogen) atoms. The summed E-state index contributed by atoms with van der Waals surface area (Å²) in [5.41, 5.74) is 7.08. The Balaban J connectivity index is 1.49. The molecule has 4 rings (SSSR count). The van der Waals surface area contributed by atoms with Crippen LogP contribution >= 0.6 is 11.8 Å². The lowest BCUT2D eigenvalue weighted by molar-refractivity contribution is -0.137. The number of benzene rings is 2. The number of aryl methyl sites for hydroxylation is 2. The third-order valence-electron chi connectivity index (χ3n) is 5.25. The van der Waals surface area contributed by atoms with E-state index in [-0.39, 0.29) is 12.3 Å². The van der Waals surface area contributed by atoms with Crippen LogP contribution in [0.3, 0.4) is 0 Å². The molecule has 1 aromatic heterocycles. The number of aliphatic carboxylic acids is 1. The van der Waals surface area contributed by atoms with E-state index in [4.69, 9.17) is 9.84 Å². The highest BCUT2D eigenvalue weighted by molar-refractivity contribution is 7.99. The Morgan fingerprint density at radius 2 is 1.93 bits per heavy atom. The summed E-state index contributed by atoms with van der Waals surface area (Å²) in [5, 5.41) is 9.05. The van der Waals surface area contributed by atoms with E-state index in [0.717, 1.165) is 21.8 Å². The molecule has 1 N–H and O–H groups in total. The van der Waals surface area contributed by atoms with E-state index in [1.807, 2.05) is 6.07 Å². The topological polar surface area (TPSA) is 59.4 Å². The standard InChI is InChI=1S/C24H23NO3S/c1-15-5-3-6-16(2)24(15)18-8-4-7-17(9-18)13-28-22-11-21-20(12-25-22)19(14-29-21)10-23(26)27/h3-9,11-12,19H,10,13-14H2,1-2H3,(H,26,27). The van der Waals surface area contributed by atoms with Gasteiger partial charge in [0, 0.05) is 28.8 Å². The van der Waals surface area contributed by atoms with E-state index in [9.17, 15) is 4.79 Å². The van der Waals surface area contributed by atoms with E-state index in [1.54, 1.807) is 18.0 Å². The van der Waals surface area contributed by atoms with Gasteiger partial charge in [-0.15, -0.1) is 11.8 Å². The van der Waals surface area contributed by atoms with E-state index in [2.05, 4.69) is 61.3 Å². The van der Waals surface area contributed by atoms with Crippen molar-refractivity contribution in [3.05, 3.63) is 77.0 Å². The maximum absolute atomic E-state index is 11.0. The van der Waals surface area contributed by atoms with Gasteiger partial charge in [0.2, 0.25) is 5.88 Å². The van der Waals surface area contributed by atoms with Crippen LogP contribution in [0.5, 0.6) is 5.88 Å². The molecule has 0 aliphatic carbocycles. The molecule has 1 aliphatic heterocycles. The lowest BCUT2D eigenvalue weighted by Crippen LogP contribution is -2.06. The summed E-state index contributed by atoms with van der Waals surface area (Å²) in [6, 6.07) is 16.7. The second kappa shape index (κ2) is 8.29. The summed E-state index contributed by atoms with van der Waals surface area (Å²) in [7, 11) is 0. The molecular formula is C24H23NO3S. The molecule has 0 saturated carbocycles. The fourth-order valence-corrected chi connectivity index (χ4v) is 5.09. The maximum atomic E-state index is 11.0. The van der Waals surface area contributed by atoms with Crippen LogP contribution in [0.15, 0.2) is 59.6 Å². The van der Waals surface area contributed by atoms with Crippen LogP contribution < -0.4 is 4.74 Å². The van der Waals surface area contributed by atoms with E-state index < -0.39 is 5.97 Å². The minimum absolute atomic E-state index is 0.0306. The number of rotatable bonds is 6. The van der Waals surface area contributed by atoms with Gasteiger partial charge in [0.15, 0.2) is 0 Å². The van der Waals surface area contributed by atoms with Gasteiger partial charge in [-0.1, -0.05) is 36.4 Å². The number of carboxylic acid groups (broad SMARTS) is 1. The number of carboxylic acids is 1. The number of thioether (sulfide) groups is 1. The molecule has 2 aromatic carbocycles. The summed E-state index contributed by atoms with van der Waals surface area (Å²) in [6.07, 6.45) is 1.92. The first-order chi connectivity index (χ1) is 14.0. The van der Waals surface area contributed by atoms with Crippen LogP contribution in [0.2, 0.25) is 0 Å². The summed E-state index contributed by atoms with van der Waals surface area (Å²) >= 11 is 1.67. The van der Waals surface area contributed by atoms with Gasteiger partial charge in [0.25, 0.3) is 0 Å². The summed E-state index contributed by atoms with van der Waals surface area (Å²) < 4.78 is 5.94. The molecule has 1 aliphatic rings. The van der Waals surface area contributed by atoms with Crippen molar-refractivity contribution in [2.75, 3.05) is 5.75 Å². The van der Waals surface area contributed by atoms with Gasteiger partial charge in [-0.25, -0.2) is 4.98 Å². The number of fused-ring (bicyclic) bond motifs is 1. The first kappa shape index (κ1) is 19.5. The van der Waals surface area contributed by atoms with Crippen LogP contribution in [-0.2, 0) is 11.4 Å². The molecule has 0 bridgehead atoms. The number of aromatic nitrogens is 1. The molecule has 0 fully saturated rings. The van der Waals surface area contributed by atoms with Crippen molar-refractivity contribution in [1.29, 1.82) is 0 Å². The third kappa shape index (κ3) is 4.30. The van der Waals surface area contributed by atoms with E-state index in [1.165, 1.54) is 22.3 Å². The maximum Gasteiger partial charge on any atom is 0.303 e. The second-order valence-electron chi connectivity index (χ2n) is 7.42. The Kier molecular flexibility index (Phi) is 5.58. The Hall–Kier alpha value is -2.79. The Morgan fingerprint density at radius 1 is 1.17 bits per heavy atom. The highest BCUT2D eigenvalue weighted by Gasteiger charge is 2.26. The zero-order valence-corrected chi connectivity index (χ0v) is 17.3. The Labute approximate surface area is 175 Å². The fourth-order valence-electron chi connectivity index (χ4n) is 3.84. The molecule has 3 aromatic rings. The number of hydrogen-bond donors (Lipinski definition) is 1. The molecule has 0 saturated heterocycles. The van der Waals surface area contributed by atoms with Crippen LogP contribution in [0, 0.1) is 13.8 Å². The number of hydrogen-bond acceptors (Lipinski definition) is 4. The lowest BCUT2D eigenvalue weighted by Gasteiger charge is -2.12. The number of ether oxygens (including phenoxy) is 1. The average Bonchev–Trinajstić information content (AvgIpc) is 3.08. The van der Waals surface area contributed by atoms with Gasteiger partial charge in [-0.05, 0) is 53.3 Å². The van der Waals surface area contributed by atoms with E-state index in [0.29, 0.717) is 12.5 Å². The monoisotopic (exact) mass is 405 g/mol. The zero-order valence-electron chi connectivity index (χ0n) is 16.5. The van der Waals surface area contributed by atoms with E-state index >= 15 is 0 Å². The van der Waals surface area contributed by atoms with Crippen molar-refractivity contribution in [2.45, 2.75) is 37.7 Å². The van der Waals surface area contributed by atoms with Gasteiger partial charge >= 0.3 is 5.97 Å². The Morgan fingerprint density at radius 3 is 2.69 bits per heavy atom. The van der Waals surface area contributed by atoms with Crippen LogP contribution in [0.25, 0.3) is 11.1 Å². The Bertz CT molecular complexity index is 1040. The first-order valence-electron chi connectivity index (χ1n) is 9.64. The van der Waals surface area contributed by atoms with Crippen molar-refractivity contribution in [2.24, 2.45) is 0 Å². The van der Waals surface area contributed by atoms with Gasteiger partial charge in [0.05, 0.1) is 6.42 Å². The molecule has 0 spiro atoms. The smallest absolute Gasteiger partial charge is 0.303 e. The molecule has 2 heterocycles. The minimum Gasteiger partial charge on any atom is -0.481 e. The molecular weight excluding hydrogens is 382 g/mol. The van der Waals surface area contributed by atoms with Crippen LogP contribution in [0.4, 0.5) is 0 Å². The lowest BCUT2D eigenvalue weighted by atomic mass is 9.95. The van der Waals surface area contributed by atoms with Gasteiger partial charge in [-0.2, -0.15) is 0 Å². The first-order valence-corrected chi connectivity index (χ1v) is 10.6. The molecule has 5 heteroatoms. The molecule has 4 nitrogen and oxygen atoms in total. The van der Waals surface area contributed by atoms with Crippen LogP contribution in [-0.4, -0.2) is 21.8 Å². The van der Waals surface area contributed by atoms with Crippen LogP contribution in [0.1, 0.15) is 34.6 Å². The molecule has 1 unspecified atom stereocenters. The number of pyridine rings is 1. The molecule has 0 amide bonds. The van der Waals surface area contributed by atoms with Crippen molar-refractivity contribution in [1.82, 2.24) is 4.98 Å². The third-order valence-corrected chi connectivity index (χ3v) is 6.49. The normalized spacial score (nSPS) is 15.2. The fraction of sp³-hybridized carbons (Fsp3) is 0.250. The quantitative estimate of drug-likeness (QED) is 0.578. The van der Waals surface area contributed by atoms with Crippen molar-refractivity contribution >= 4 is 17.7 Å².